The van der Waals surface area contributed by atoms with Gasteiger partial charge in [-0.1, -0.05) is 18.2 Å². The molecule has 6 nitrogen and oxygen atoms in total. The quantitative estimate of drug-likeness (QED) is 0.592. The van der Waals surface area contributed by atoms with E-state index in [2.05, 4.69) is 19.9 Å². The van der Waals surface area contributed by atoms with Gasteiger partial charge in [0, 0.05) is 23.2 Å². The summed E-state index contributed by atoms with van der Waals surface area (Å²) < 4.78 is 0. The predicted molar refractivity (Wildman–Crippen MR) is 93.2 cm³/mol. The molecule has 6 heteroatoms. The molecule has 1 aromatic carbocycles. The van der Waals surface area contributed by atoms with E-state index in [1.165, 1.54) is 12.3 Å². The highest BCUT2D eigenvalue weighted by Gasteiger charge is 2.13. The smallest absolute Gasteiger partial charge is 0.248 e. The van der Waals surface area contributed by atoms with E-state index in [0.717, 1.165) is 16.5 Å². The van der Waals surface area contributed by atoms with Gasteiger partial charge < -0.3 is 10.7 Å². The third-order valence-electron chi connectivity index (χ3n) is 3.69. The van der Waals surface area contributed by atoms with Crippen molar-refractivity contribution in [3.8, 4) is 22.6 Å². The third-order valence-corrected chi connectivity index (χ3v) is 3.69. The number of aromatic amines is 1. The molecule has 0 bridgehead atoms. The standard InChI is InChI=1S/C18H13N5O/c19-15-10-21-17(18(23-15)14-4-1-5-16(24)22-14)12-6-7-13-11(9-12)3-2-8-20-13/h1-10H,(H2,19,23)(H,22,24). The van der Waals surface area contributed by atoms with E-state index in [1.807, 2.05) is 30.3 Å². The summed E-state index contributed by atoms with van der Waals surface area (Å²) in [5.74, 6) is 0.293. The van der Waals surface area contributed by atoms with Gasteiger partial charge in [0.2, 0.25) is 5.56 Å². The first-order valence-electron chi connectivity index (χ1n) is 7.38. The van der Waals surface area contributed by atoms with Crippen LogP contribution >= 0.6 is 0 Å². The normalized spacial score (nSPS) is 10.8. The van der Waals surface area contributed by atoms with Crippen molar-refractivity contribution >= 4 is 16.7 Å². The van der Waals surface area contributed by atoms with E-state index in [-0.39, 0.29) is 5.56 Å². The van der Waals surface area contributed by atoms with Gasteiger partial charge >= 0.3 is 0 Å². The van der Waals surface area contributed by atoms with Gasteiger partial charge in [-0.05, 0) is 24.3 Å². The number of anilines is 1. The molecule has 3 N–H and O–H groups in total. The van der Waals surface area contributed by atoms with Crippen LogP contribution in [-0.2, 0) is 0 Å². The number of nitrogens with one attached hydrogen (secondary N) is 1. The van der Waals surface area contributed by atoms with E-state index in [4.69, 9.17) is 5.73 Å². The monoisotopic (exact) mass is 315 g/mol. The second-order valence-electron chi connectivity index (χ2n) is 5.33. The lowest BCUT2D eigenvalue weighted by atomic mass is 10.0. The maximum atomic E-state index is 11.6. The largest absolute Gasteiger partial charge is 0.382 e. The Morgan fingerprint density at radius 3 is 2.75 bits per heavy atom. The zero-order valence-electron chi connectivity index (χ0n) is 12.6. The molecule has 4 rings (SSSR count). The molecule has 3 heterocycles. The van der Waals surface area contributed by atoms with Gasteiger partial charge in [0.15, 0.2) is 0 Å². The van der Waals surface area contributed by atoms with Crippen molar-refractivity contribution in [1.29, 1.82) is 0 Å². The molecule has 0 aliphatic rings. The van der Waals surface area contributed by atoms with Crippen LogP contribution in [0.25, 0.3) is 33.5 Å². The number of hydrogen-bond acceptors (Lipinski definition) is 5. The zero-order valence-corrected chi connectivity index (χ0v) is 12.6. The first-order valence-corrected chi connectivity index (χ1v) is 7.38. The molecule has 0 aliphatic carbocycles. The maximum absolute atomic E-state index is 11.6. The Morgan fingerprint density at radius 1 is 0.958 bits per heavy atom. The van der Waals surface area contributed by atoms with Crippen molar-refractivity contribution in [3.05, 3.63) is 71.3 Å². The highest BCUT2D eigenvalue weighted by molar-refractivity contribution is 5.86. The predicted octanol–water partition coefficient (Wildman–Crippen LogP) is 2.63. The summed E-state index contributed by atoms with van der Waals surface area (Å²) in [4.78, 5) is 27.5. The molecule has 0 fully saturated rings. The van der Waals surface area contributed by atoms with Gasteiger partial charge in [0.25, 0.3) is 0 Å². The fraction of sp³-hybridized carbons (Fsp3) is 0. The minimum absolute atomic E-state index is 0.203. The van der Waals surface area contributed by atoms with Crippen LogP contribution in [0.15, 0.2) is 65.7 Å². The van der Waals surface area contributed by atoms with Gasteiger partial charge in [-0.15, -0.1) is 0 Å². The maximum Gasteiger partial charge on any atom is 0.248 e. The number of aromatic nitrogens is 4. The first-order chi connectivity index (χ1) is 11.7. The molecular weight excluding hydrogens is 302 g/mol. The number of fused-ring (bicyclic) bond motifs is 1. The van der Waals surface area contributed by atoms with Crippen LogP contribution in [0.4, 0.5) is 5.82 Å². The second-order valence-corrected chi connectivity index (χ2v) is 5.33. The summed E-state index contributed by atoms with van der Waals surface area (Å²) >= 11 is 0. The Labute approximate surface area is 137 Å². The Kier molecular flexibility index (Phi) is 3.28. The van der Waals surface area contributed by atoms with Crippen molar-refractivity contribution in [2.45, 2.75) is 0 Å². The number of rotatable bonds is 2. The molecule has 0 atom stereocenters. The molecule has 0 saturated heterocycles. The summed E-state index contributed by atoms with van der Waals surface area (Å²) in [7, 11) is 0. The van der Waals surface area contributed by atoms with Crippen LogP contribution in [0.2, 0.25) is 0 Å². The van der Waals surface area contributed by atoms with Crippen LogP contribution in [0.1, 0.15) is 0 Å². The first kappa shape index (κ1) is 14.1. The highest BCUT2D eigenvalue weighted by Crippen LogP contribution is 2.29. The van der Waals surface area contributed by atoms with Crippen LogP contribution < -0.4 is 11.3 Å². The molecule has 0 saturated carbocycles. The Balaban J connectivity index is 1.95. The summed E-state index contributed by atoms with van der Waals surface area (Å²) in [5.41, 5.74) is 9.13. The van der Waals surface area contributed by atoms with Crippen LogP contribution in [0.5, 0.6) is 0 Å². The number of nitrogen functional groups attached to an aromatic ring is 1. The third kappa shape index (κ3) is 2.50. The highest BCUT2D eigenvalue weighted by atomic mass is 16.1. The summed E-state index contributed by atoms with van der Waals surface area (Å²) in [6.07, 6.45) is 3.26. The fourth-order valence-corrected chi connectivity index (χ4v) is 2.61. The molecule has 0 amide bonds. The van der Waals surface area contributed by atoms with E-state index < -0.39 is 0 Å². The Morgan fingerprint density at radius 2 is 1.88 bits per heavy atom. The van der Waals surface area contributed by atoms with Crippen molar-refractivity contribution < 1.29 is 0 Å². The van der Waals surface area contributed by atoms with Gasteiger partial charge in [0.1, 0.15) is 11.5 Å². The number of hydrogen-bond donors (Lipinski definition) is 2. The van der Waals surface area contributed by atoms with Crippen molar-refractivity contribution in [2.75, 3.05) is 5.73 Å². The lowest BCUT2D eigenvalue weighted by molar-refractivity contribution is 1.17. The Bertz CT molecular complexity index is 1100. The number of benzene rings is 1. The van der Waals surface area contributed by atoms with E-state index in [0.29, 0.717) is 22.9 Å². The molecule has 0 radical (unpaired) electrons. The van der Waals surface area contributed by atoms with E-state index in [1.54, 1.807) is 18.3 Å². The molecule has 116 valence electrons. The second kappa shape index (κ2) is 5.58. The molecular formula is C18H13N5O. The average molecular weight is 315 g/mol. The summed E-state index contributed by atoms with van der Waals surface area (Å²) in [5, 5.41) is 1.00. The molecule has 24 heavy (non-hydrogen) atoms. The average Bonchev–Trinajstić information content (AvgIpc) is 2.61. The molecule has 0 unspecified atom stereocenters. The molecule has 0 spiro atoms. The number of H-pyrrole nitrogens is 1. The van der Waals surface area contributed by atoms with Gasteiger partial charge in [-0.2, -0.15) is 0 Å². The fourth-order valence-electron chi connectivity index (χ4n) is 2.61. The topological polar surface area (TPSA) is 97.5 Å². The Hall–Kier alpha value is -3.54. The van der Waals surface area contributed by atoms with E-state index >= 15 is 0 Å². The minimum atomic E-state index is -0.203. The van der Waals surface area contributed by atoms with Gasteiger partial charge in [-0.25, -0.2) is 4.98 Å². The van der Waals surface area contributed by atoms with E-state index in [9.17, 15) is 4.79 Å². The number of pyridine rings is 2. The van der Waals surface area contributed by atoms with Gasteiger partial charge in [-0.3, -0.25) is 14.8 Å². The SMILES string of the molecule is Nc1cnc(-c2ccc3ncccc3c2)c(-c2cccc(=O)[nH]2)n1. The van der Waals surface area contributed by atoms with Crippen LogP contribution in [0.3, 0.4) is 0 Å². The minimum Gasteiger partial charge on any atom is -0.382 e. The lowest BCUT2D eigenvalue weighted by Crippen LogP contribution is -2.06. The molecule has 4 aromatic rings. The molecule has 0 aliphatic heterocycles. The van der Waals surface area contributed by atoms with Crippen LogP contribution in [-0.4, -0.2) is 19.9 Å². The van der Waals surface area contributed by atoms with Crippen molar-refractivity contribution in [2.24, 2.45) is 0 Å². The summed E-state index contributed by atoms with van der Waals surface area (Å²) in [6.45, 7) is 0. The van der Waals surface area contributed by atoms with Crippen LogP contribution in [0, 0.1) is 0 Å². The molecule has 3 aromatic heterocycles. The zero-order chi connectivity index (χ0) is 16.5. The number of nitrogens with two attached hydrogens (primary N) is 1. The van der Waals surface area contributed by atoms with Gasteiger partial charge in [0.05, 0.1) is 23.1 Å². The van der Waals surface area contributed by atoms with Crippen molar-refractivity contribution in [3.63, 3.8) is 0 Å². The lowest BCUT2D eigenvalue weighted by Gasteiger charge is -2.09. The number of nitrogens with zero attached hydrogens (tertiary/aromatic N) is 3. The van der Waals surface area contributed by atoms with Crippen molar-refractivity contribution in [1.82, 2.24) is 19.9 Å². The summed E-state index contributed by atoms with van der Waals surface area (Å²) in [6, 6.07) is 14.6.